The summed E-state index contributed by atoms with van der Waals surface area (Å²) in [6, 6.07) is 11.6. The first-order valence-corrected chi connectivity index (χ1v) is 10.2. The van der Waals surface area contributed by atoms with Gasteiger partial charge in [0.05, 0.1) is 11.3 Å². The van der Waals surface area contributed by atoms with Gasteiger partial charge in [0.25, 0.3) is 5.91 Å². The number of carbonyl (C=O) groups excluding carboxylic acids is 1. The molecule has 1 aliphatic rings. The molecule has 2 N–H and O–H groups in total. The number of pyridine rings is 1. The Morgan fingerprint density at radius 3 is 2.77 bits per heavy atom. The van der Waals surface area contributed by atoms with Gasteiger partial charge < -0.3 is 19.8 Å². The molecule has 3 heterocycles. The first-order chi connectivity index (χ1) is 14.0. The fraction of sp³-hybridized carbons (Fsp3) is 0.391. The Hall–Kier alpha value is -2.28. The van der Waals surface area contributed by atoms with Gasteiger partial charge in [-0.25, -0.2) is 4.98 Å². The molecule has 2 aromatic heterocycles. The van der Waals surface area contributed by atoms with Gasteiger partial charge in [-0.3, -0.25) is 4.79 Å². The predicted molar refractivity (Wildman–Crippen MR) is 127 cm³/mol. The van der Waals surface area contributed by atoms with Crippen LogP contribution < -0.4 is 10.5 Å². The van der Waals surface area contributed by atoms with Gasteiger partial charge in [0, 0.05) is 31.5 Å². The molecule has 0 spiro atoms. The summed E-state index contributed by atoms with van der Waals surface area (Å²) in [6.07, 6.45) is 6.06. The number of ether oxygens (including phenoxy) is 1. The number of piperidine rings is 1. The number of nitrogens with two attached hydrogens (primary N) is 1. The topological polar surface area (TPSA) is 72.9 Å². The highest BCUT2D eigenvalue weighted by Crippen LogP contribution is 2.25. The second-order valence-electron chi connectivity index (χ2n) is 8.00. The van der Waals surface area contributed by atoms with Crippen molar-refractivity contribution >= 4 is 36.4 Å². The molecular formula is C23H30Cl2N4O2. The normalized spacial score (nSPS) is 16.9. The van der Waals surface area contributed by atoms with E-state index in [0.717, 1.165) is 30.7 Å². The molecule has 31 heavy (non-hydrogen) atoms. The number of carbonyl (C=O) groups is 1. The van der Waals surface area contributed by atoms with Crippen molar-refractivity contribution in [2.75, 3.05) is 13.1 Å². The maximum Gasteiger partial charge on any atom is 0.257 e. The number of aryl methyl sites for hydroxylation is 1. The molecule has 0 aliphatic carbocycles. The van der Waals surface area contributed by atoms with E-state index in [0.29, 0.717) is 30.4 Å². The highest BCUT2D eigenvalue weighted by atomic mass is 35.5. The minimum atomic E-state index is 0. The van der Waals surface area contributed by atoms with Crippen LogP contribution in [0.4, 0.5) is 0 Å². The third kappa shape index (κ3) is 5.70. The van der Waals surface area contributed by atoms with Crippen LogP contribution in [0.1, 0.15) is 41.4 Å². The molecule has 0 bridgehead atoms. The molecule has 0 radical (unpaired) electrons. The standard InChI is InChI=1S/C23H28N4O2.2ClH/c1-16-9-10-22-25-19(14-27(22)12-16)15-29-21-8-4-3-7-20(21)23(28)26-11-5-6-18(13-26)17(2)24;;/h3-4,7-10,12,14,17-18H,5-6,11,13,15,24H2,1-2H3;2*1H. The summed E-state index contributed by atoms with van der Waals surface area (Å²) in [7, 11) is 0. The number of halogens is 2. The van der Waals surface area contributed by atoms with Crippen LogP contribution in [0, 0.1) is 12.8 Å². The van der Waals surface area contributed by atoms with Gasteiger partial charge in [0.2, 0.25) is 0 Å². The number of imidazole rings is 1. The van der Waals surface area contributed by atoms with Gasteiger partial charge in [0.1, 0.15) is 18.0 Å². The van der Waals surface area contributed by atoms with E-state index >= 15 is 0 Å². The van der Waals surface area contributed by atoms with E-state index in [2.05, 4.69) is 4.98 Å². The van der Waals surface area contributed by atoms with Crippen molar-refractivity contribution < 1.29 is 9.53 Å². The molecule has 3 aromatic rings. The Kier molecular flexibility index (Phi) is 8.74. The van der Waals surface area contributed by atoms with E-state index < -0.39 is 0 Å². The van der Waals surface area contributed by atoms with E-state index in [4.69, 9.17) is 10.5 Å². The molecule has 1 aliphatic heterocycles. The fourth-order valence-electron chi connectivity index (χ4n) is 3.94. The van der Waals surface area contributed by atoms with Gasteiger partial charge in [-0.15, -0.1) is 24.8 Å². The monoisotopic (exact) mass is 464 g/mol. The van der Waals surface area contributed by atoms with Crippen LogP contribution in [-0.2, 0) is 6.61 Å². The number of hydrogen-bond donors (Lipinski definition) is 1. The Balaban J connectivity index is 0.00000171. The summed E-state index contributed by atoms with van der Waals surface area (Å²) in [5.41, 5.74) is 9.56. The number of fused-ring (bicyclic) bond motifs is 1. The second-order valence-corrected chi connectivity index (χ2v) is 8.00. The molecule has 4 rings (SSSR count). The fourth-order valence-corrected chi connectivity index (χ4v) is 3.94. The van der Waals surface area contributed by atoms with Crippen molar-refractivity contribution in [2.24, 2.45) is 11.7 Å². The van der Waals surface area contributed by atoms with Gasteiger partial charge >= 0.3 is 0 Å². The molecule has 6 nitrogen and oxygen atoms in total. The molecule has 8 heteroatoms. The number of para-hydroxylation sites is 1. The Labute approximate surface area is 195 Å². The largest absolute Gasteiger partial charge is 0.486 e. The zero-order chi connectivity index (χ0) is 20.4. The number of hydrogen-bond acceptors (Lipinski definition) is 4. The van der Waals surface area contributed by atoms with Crippen molar-refractivity contribution in [2.45, 2.75) is 39.3 Å². The van der Waals surface area contributed by atoms with Crippen LogP contribution in [0.5, 0.6) is 5.75 Å². The number of aromatic nitrogens is 2. The van der Waals surface area contributed by atoms with Crippen molar-refractivity contribution in [1.82, 2.24) is 14.3 Å². The molecule has 1 saturated heterocycles. The van der Waals surface area contributed by atoms with Gasteiger partial charge in [-0.2, -0.15) is 0 Å². The lowest BCUT2D eigenvalue weighted by Crippen LogP contribution is -2.45. The van der Waals surface area contributed by atoms with Crippen LogP contribution in [0.25, 0.3) is 5.65 Å². The average Bonchev–Trinajstić information content (AvgIpc) is 3.14. The predicted octanol–water partition coefficient (Wildman–Crippen LogP) is 4.26. The lowest BCUT2D eigenvalue weighted by atomic mass is 9.92. The SMILES string of the molecule is Cc1ccc2nc(COc3ccccc3C(=O)N3CCCC(C(C)N)C3)cn2c1.Cl.Cl. The van der Waals surface area contributed by atoms with Crippen molar-refractivity contribution in [3.63, 3.8) is 0 Å². The van der Waals surface area contributed by atoms with E-state index in [9.17, 15) is 4.79 Å². The van der Waals surface area contributed by atoms with Crippen molar-refractivity contribution in [3.05, 3.63) is 65.6 Å². The summed E-state index contributed by atoms with van der Waals surface area (Å²) in [4.78, 5) is 19.7. The Morgan fingerprint density at radius 2 is 2.00 bits per heavy atom. The van der Waals surface area contributed by atoms with Gasteiger partial charge in [-0.1, -0.05) is 18.2 Å². The van der Waals surface area contributed by atoms with Crippen LogP contribution in [-0.4, -0.2) is 39.3 Å². The molecule has 1 aromatic carbocycles. The molecule has 1 amide bonds. The van der Waals surface area contributed by atoms with E-state index in [1.807, 2.05) is 71.9 Å². The first-order valence-electron chi connectivity index (χ1n) is 10.2. The molecule has 2 unspecified atom stereocenters. The van der Waals surface area contributed by atoms with Gasteiger partial charge in [-0.05, 0) is 56.4 Å². The minimum Gasteiger partial charge on any atom is -0.486 e. The molecule has 0 saturated carbocycles. The summed E-state index contributed by atoms with van der Waals surface area (Å²) < 4.78 is 8.01. The van der Waals surface area contributed by atoms with E-state index in [-0.39, 0.29) is 36.8 Å². The van der Waals surface area contributed by atoms with Crippen LogP contribution in [0.3, 0.4) is 0 Å². The van der Waals surface area contributed by atoms with Crippen molar-refractivity contribution in [1.29, 1.82) is 0 Å². The Morgan fingerprint density at radius 1 is 1.23 bits per heavy atom. The summed E-state index contributed by atoms with van der Waals surface area (Å²) >= 11 is 0. The van der Waals surface area contributed by atoms with Crippen LogP contribution >= 0.6 is 24.8 Å². The van der Waals surface area contributed by atoms with Crippen LogP contribution in [0.15, 0.2) is 48.8 Å². The molecule has 168 valence electrons. The molecule has 1 fully saturated rings. The third-order valence-corrected chi connectivity index (χ3v) is 5.63. The first kappa shape index (κ1) is 25.0. The van der Waals surface area contributed by atoms with Gasteiger partial charge in [0.15, 0.2) is 0 Å². The summed E-state index contributed by atoms with van der Waals surface area (Å²) in [5.74, 6) is 0.951. The number of likely N-dealkylation sites (tertiary alicyclic amines) is 1. The van der Waals surface area contributed by atoms with E-state index in [1.165, 1.54) is 5.56 Å². The van der Waals surface area contributed by atoms with Crippen LogP contribution in [0.2, 0.25) is 0 Å². The summed E-state index contributed by atoms with van der Waals surface area (Å²) in [6.45, 7) is 5.85. The number of benzene rings is 1. The lowest BCUT2D eigenvalue weighted by molar-refractivity contribution is 0.0656. The van der Waals surface area contributed by atoms with Crippen molar-refractivity contribution in [3.8, 4) is 5.75 Å². The zero-order valence-corrected chi connectivity index (χ0v) is 19.5. The van der Waals surface area contributed by atoms with E-state index in [1.54, 1.807) is 0 Å². The smallest absolute Gasteiger partial charge is 0.257 e. The second kappa shape index (κ2) is 10.8. The molecular weight excluding hydrogens is 435 g/mol. The maximum atomic E-state index is 13.2. The highest BCUT2D eigenvalue weighted by molar-refractivity contribution is 5.97. The maximum absolute atomic E-state index is 13.2. The molecule has 2 atom stereocenters. The third-order valence-electron chi connectivity index (χ3n) is 5.63. The lowest BCUT2D eigenvalue weighted by Gasteiger charge is -2.34. The quantitative estimate of drug-likeness (QED) is 0.611. The Bertz CT molecular complexity index is 1020. The average molecular weight is 465 g/mol. The minimum absolute atomic E-state index is 0. The number of amides is 1. The summed E-state index contributed by atoms with van der Waals surface area (Å²) in [5, 5.41) is 0. The number of nitrogens with zero attached hydrogens (tertiary/aromatic N) is 3. The zero-order valence-electron chi connectivity index (χ0n) is 17.9. The number of rotatable bonds is 5. The highest BCUT2D eigenvalue weighted by Gasteiger charge is 2.27.